The normalized spacial score (nSPS) is 12.8. The summed E-state index contributed by atoms with van der Waals surface area (Å²) in [6.45, 7) is 0. The van der Waals surface area contributed by atoms with E-state index in [9.17, 15) is 5.11 Å². The van der Waals surface area contributed by atoms with E-state index in [1.807, 2.05) is 42.5 Å². The molecule has 1 atom stereocenters. The van der Waals surface area contributed by atoms with Crippen molar-refractivity contribution in [3.63, 3.8) is 0 Å². The number of aliphatic hydroxyl groups excluding tert-OH is 1. The summed E-state index contributed by atoms with van der Waals surface area (Å²) in [5.74, 6) is 0.533. The molecule has 2 aromatic carbocycles. The van der Waals surface area contributed by atoms with Gasteiger partial charge in [-0.25, -0.2) is 0 Å². The second-order valence-electron chi connectivity index (χ2n) is 4.14. The zero-order valence-corrected chi connectivity index (χ0v) is 11.1. The molecule has 2 nitrogen and oxygen atoms in total. The molecular formula is C15H11BrO2. The third-order valence-electron chi connectivity index (χ3n) is 2.98. The predicted octanol–water partition coefficient (Wildman–Crippen LogP) is 4.28. The van der Waals surface area contributed by atoms with Gasteiger partial charge < -0.3 is 9.52 Å². The van der Waals surface area contributed by atoms with Gasteiger partial charge in [0, 0.05) is 0 Å². The first-order chi connectivity index (χ1) is 8.75. The van der Waals surface area contributed by atoms with Crippen LogP contribution in [0.25, 0.3) is 10.8 Å². The molecule has 3 heteroatoms. The monoisotopic (exact) mass is 302 g/mol. The summed E-state index contributed by atoms with van der Waals surface area (Å²) in [6, 6.07) is 15.8. The van der Waals surface area contributed by atoms with Crippen molar-refractivity contribution in [2.45, 2.75) is 6.10 Å². The van der Waals surface area contributed by atoms with Crippen LogP contribution in [0.3, 0.4) is 0 Å². The Balaban J connectivity index is 2.07. The van der Waals surface area contributed by atoms with Gasteiger partial charge in [0.25, 0.3) is 0 Å². The first kappa shape index (κ1) is 11.5. The first-order valence-electron chi connectivity index (χ1n) is 5.65. The first-order valence-corrected chi connectivity index (χ1v) is 6.44. The minimum absolute atomic E-state index is 0.533. The molecule has 0 fully saturated rings. The summed E-state index contributed by atoms with van der Waals surface area (Å²) in [5.41, 5.74) is 0.823. The standard InChI is InChI=1S/C15H11BrO2/c16-13-7-8-18-15(13)14(17)12-6-5-10-3-1-2-4-11(10)9-12/h1-9,14,17H. The largest absolute Gasteiger partial charge is 0.465 e. The number of furan rings is 1. The van der Waals surface area contributed by atoms with Gasteiger partial charge in [-0.05, 0) is 44.4 Å². The Bertz CT molecular complexity index is 688. The molecule has 1 aromatic heterocycles. The molecule has 90 valence electrons. The number of rotatable bonds is 2. The van der Waals surface area contributed by atoms with Crippen molar-refractivity contribution < 1.29 is 9.52 Å². The molecule has 0 aliphatic rings. The van der Waals surface area contributed by atoms with Crippen LogP contribution in [0.2, 0.25) is 0 Å². The molecule has 0 radical (unpaired) electrons. The van der Waals surface area contributed by atoms with Crippen LogP contribution in [0, 0.1) is 0 Å². The van der Waals surface area contributed by atoms with Gasteiger partial charge in [-0.2, -0.15) is 0 Å². The van der Waals surface area contributed by atoms with Gasteiger partial charge in [0.2, 0.25) is 0 Å². The molecule has 0 amide bonds. The molecule has 0 saturated heterocycles. The molecular weight excluding hydrogens is 292 g/mol. The summed E-state index contributed by atoms with van der Waals surface area (Å²) in [6.07, 6.45) is 0.808. The van der Waals surface area contributed by atoms with Gasteiger partial charge in [0.1, 0.15) is 6.10 Å². The van der Waals surface area contributed by atoms with Crippen molar-refractivity contribution in [3.05, 3.63) is 70.6 Å². The molecule has 1 heterocycles. The van der Waals surface area contributed by atoms with E-state index in [0.717, 1.165) is 20.8 Å². The van der Waals surface area contributed by atoms with Crippen LogP contribution in [0.5, 0.6) is 0 Å². The summed E-state index contributed by atoms with van der Waals surface area (Å²) < 4.78 is 6.08. The molecule has 0 saturated carbocycles. The van der Waals surface area contributed by atoms with Gasteiger partial charge in [-0.15, -0.1) is 0 Å². The van der Waals surface area contributed by atoms with Gasteiger partial charge >= 0.3 is 0 Å². The Kier molecular flexibility index (Phi) is 2.94. The van der Waals surface area contributed by atoms with E-state index in [0.29, 0.717) is 5.76 Å². The minimum Gasteiger partial charge on any atom is -0.465 e. The third-order valence-corrected chi connectivity index (χ3v) is 3.64. The SMILES string of the molecule is OC(c1ccc2ccccc2c1)c1occc1Br. The quantitative estimate of drug-likeness (QED) is 0.766. The van der Waals surface area contributed by atoms with E-state index in [-0.39, 0.29) is 0 Å². The van der Waals surface area contributed by atoms with Crippen molar-refractivity contribution in [2.24, 2.45) is 0 Å². The van der Waals surface area contributed by atoms with E-state index in [1.54, 1.807) is 12.3 Å². The molecule has 0 spiro atoms. The number of benzene rings is 2. The average molecular weight is 303 g/mol. The van der Waals surface area contributed by atoms with Gasteiger partial charge in [-0.3, -0.25) is 0 Å². The van der Waals surface area contributed by atoms with Gasteiger partial charge in [0.05, 0.1) is 10.7 Å². The highest BCUT2D eigenvalue weighted by atomic mass is 79.9. The summed E-state index contributed by atoms with van der Waals surface area (Å²) in [7, 11) is 0. The second-order valence-corrected chi connectivity index (χ2v) is 5.00. The number of hydrogen-bond acceptors (Lipinski definition) is 2. The fraction of sp³-hybridized carbons (Fsp3) is 0.0667. The van der Waals surface area contributed by atoms with E-state index >= 15 is 0 Å². The molecule has 0 aliphatic heterocycles. The summed E-state index contributed by atoms with van der Waals surface area (Å²) in [4.78, 5) is 0. The smallest absolute Gasteiger partial charge is 0.150 e. The van der Waals surface area contributed by atoms with E-state index < -0.39 is 6.10 Å². The van der Waals surface area contributed by atoms with Crippen molar-refractivity contribution in [1.29, 1.82) is 0 Å². The Hall–Kier alpha value is -1.58. The number of aliphatic hydroxyl groups is 1. The molecule has 0 bridgehead atoms. The van der Waals surface area contributed by atoms with E-state index in [2.05, 4.69) is 15.9 Å². The van der Waals surface area contributed by atoms with Crippen molar-refractivity contribution >= 4 is 26.7 Å². The van der Waals surface area contributed by atoms with Crippen LogP contribution >= 0.6 is 15.9 Å². The van der Waals surface area contributed by atoms with Gasteiger partial charge in [-0.1, -0.05) is 36.4 Å². The fourth-order valence-corrected chi connectivity index (χ4v) is 2.45. The highest BCUT2D eigenvalue weighted by Gasteiger charge is 2.17. The third kappa shape index (κ3) is 1.96. The van der Waals surface area contributed by atoms with Crippen molar-refractivity contribution in [3.8, 4) is 0 Å². The number of hydrogen-bond donors (Lipinski definition) is 1. The molecule has 1 unspecified atom stereocenters. The number of halogens is 1. The second kappa shape index (κ2) is 4.59. The zero-order chi connectivity index (χ0) is 12.5. The molecule has 1 N–H and O–H groups in total. The van der Waals surface area contributed by atoms with Crippen molar-refractivity contribution in [1.82, 2.24) is 0 Å². The molecule has 3 aromatic rings. The van der Waals surface area contributed by atoms with Crippen LogP contribution in [0.1, 0.15) is 17.4 Å². The maximum absolute atomic E-state index is 10.3. The molecule has 18 heavy (non-hydrogen) atoms. The highest BCUT2D eigenvalue weighted by molar-refractivity contribution is 9.10. The fourth-order valence-electron chi connectivity index (χ4n) is 2.03. The highest BCUT2D eigenvalue weighted by Crippen LogP contribution is 2.30. The van der Waals surface area contributed by atoms with Crippen LogP contribution in [0.4, 0.5) is 0 Å². The number of fused-ring (bicyclic) bond motifs is 1. The Morgan fingerprint density at radius 2 is 1.78 bits per heavy atom. The lowest BCUT2D eigenvalue weighted by Crippen LogP contribution is -1.98. The van der Waals surface area contributed by atoms with Crippen molar-refractivity contribution in [2.75, 3.05) is 0 Å². The van der Waals surface area contributed by atoms with Crippen LogP contribution in [-0.2, 0) is 0 Å². The summed E-state index contributed by atoms with van der Waals surface area (Å²) in [5, 5.41) is 12.6. The predicted molar refractivity (Wildman–Crippen MR) is 74.4 cm³/mol. The van der Waals surface area contributed by atoms with E-state index in [4.69, 9.17) is 4.42 Å². The lowest BCUT2D eigenvalue weighted by atomic mass is 10.0. The summed E-state index contributed by atoms with van der Waals surface area (Å²) >= 11 is 3.36. The maximum atomic E-state index is 10.3. The van der Waals surface area contributed by atoms with E-state index in [1.165, 1.54) is 0 Å². The molecule has 0 aliphatic carbocycles. The van der Waals surface area contributed by atoms with Crippen LogP contribution in [-0.4, -0.2) is 5.11 Å². The Labute approximate surface area is 113 Å². The lowest BCUT2D eigenvalue weighted by Gasteiger charge is -2.10. The van der Waals surface area contributed by atoms with Crippen LogP contribution in [0.15, 0.2) is 63.7 Å². The molecule has 3 rings (SSSR count). The Morgan fingerprint density at radius 1 is 1.00 bits per heavy atom. The minimum atomic E-state index is -0.751. The van der Waals surface area contributed by atoms with Crippen LogP contribution < -0.4 is 0 Å². The lowest BCUT2D eigenvalue weighted by molar-refractivity contribution is 0.188. The van der Waals surface area contributed by atoms with Gasteiger partial charge in [0.15, 0.2) is 5.76 Å². The topological polar surface area (TPSA) is 33.4 Å². The average Bonchev–Trinajstić information content (AvgIpc) is 2.83. The zero-order valence-electron chi connectivity index (χ0n) is 9.51. The Morgan fingerprint density at radius 3 is 2.50 bits per heavy atom. The maximum Gasteiger partial charge on any atom is 0.150 e.